The summed E-state index contributed by atoms with van der Waals surface area (Å²) < 4.78 is 5.70. The van der Waals surface area contributed by atoms with Gasteiger partial charge in [0.05, 0.1) is 6.10 Å². The van der Waals surface area contributed by atoms with Gasteiger partial charge in [0.1, 0.15) is 5.82 Å². The van der Waals surface area contributed by atoms with Crippen molar-refractivity contribution in [3.63, 3.8) is 0 Å². The lowest BCUT2D eigenvalue weighted by Gasteiger charge is -2.21. The fourth-order valence-electron chi connectivity index (χ4n) is 2.16. The standard InChI is InChI=1S/C14H23N3O/c1-2-6-15-9-12-10-16-14(17-11-12)8-13-5-3-4-7-18-13/h10-11,13,15H,2-9H2,1H3. The number of nitrogens with one attached hydrogen (secondary N) is 1. The summed E-state index contributed by atoms with van der Waals surface area (Å²) >= 11 is 0. The molecule has 0 bridgehead atoms. The number of nitrogens with zero attached hydrogens (tertiary/aromatic N) is 2. The van der Waals surface area contributed by atoms with Crippen LogP contribution in [0.3, 0.4) is 0 Å². The van der Waals surface area contributed by atoms with Crippen molar-refractivity contribution < 1.29 is 4.74 Å². The Balaban J connectivity index is 1.79. The second-order valence-corrected chi connectivity index (χ2v) is 4.88. The molecule has 1 atom stereocenters. The van der Waals surface area contributed by atoms with Gasteiger partial charge in [-0.2, -0.15) is 0 Å². The summed E-state index contributed by atoms with van der Waals surface area (Å²) in [6.45, 7) is 4.95. The monoisotopic (exact) mass is 249 g/mol. The van der Waals surface area contributed by atoms with Gasteiger partial charge in [-0.25, -0.2) is 9.97 Å². The van der Waals surface area contributed by atoms with Crippen molar-refractivity contribution in [2.24, 2.45) is 0 Å². The molecule has 0 aromatic carbocycles. The largest absolute Gasteiger partial charge is 0.378 e. The maximum absolute atomic E-state index is 5.70. The highest BCUT2D eigenvalue weighted by Crippen LogP contribution is 2.15. The van der Waals surface area contributed by atoms with Crippen LogP contribution in [-0.2, 0) is 17.7 Å². The molecule has 1 aliphatic heterocycles. The van der Waals surface area contributed by atoms with E-state index in [1.165, 1.54) is 12.8 Å². The number of hydrogen-bond donors (Lipinski definition) is 1. The van der Waals surface area contributed by atoms with E-state index in [0.29, 0.717) is 6.10 Å². The van der Waals surface area contributed by atoms with Crippen molar-refractivity contribution in [2.75, 3.05) is 13.2 Å². The van der Waals surface area contributed by atoms with Crippen LogP contribution in [0.5, 0.6) is 0 Å². The van der Waals surface area contributed by atoms with Gasteiger partial charge >= 0.3 is 0 Å². The Morgan fingerprint density at radius 3 is 2.83 bits per heavy atom. The normalized spacial score (nSPS) is 19.9. The molecular weight excluding hydrogens is 226 g/mol. The first-order valence-corrected chi connectivity index (χ1v) is 7.00. The van der Waals surface area contributed by atoms with Crippen LogP contribution in [0.1, 0.15) is 44.0 Å². The maximum Gasteiger partial charge on any atom is 0.130 e. The molecule has 100 valence electrons. The van der Waals surface area contributed by atoms with E-state index in [-0.39, 0.29) is 0 Å². The van der Waals surface area contributed by atoms with Gasteiger partial charge < -0.3 is 10.1 Å². The Bertz CT molecular complexity index is 333. The van der Waals surface area contributed by atoms with Crippen LogP contribution < -0.4 is 5.32 Å². The smallest absolute Gasteiger partial charge is 0.130 e. The van der Waals surface area contributed by atoms with Gasteiger partial charge in [0.2, 0.25) is 0 Å². The maximum atomic E-state index is 5.70. The van der Waals surface area contributed by atoms with E-state index in [9.17, 15) is 0 Å². The molecule has 2 rings (SSSR count). The number of rotatable bonds is 6. The summed E-state index contributed by atoms with van der Waals surface area (Å²) in [4.78, 5) is 8.84. The Hall–Kier alpha value is -1.00. The van der Waals surface area contributed by atoms with Gasteiger partial charge in [-0.15, -0.1) is 0 Å². The SMILES string of the molecule is CCCNCc1cnc(CC2CCCCO2)nc1. The van der Waals surface area contributed by atoms with Crippen molar-refractivity contribution in [2.45, 2.75) is 51.7 Å². The molecule has 4 heteroatoms. The van der Waals surface area contributed by atoms with Crippen LogP contribution in [0.15, 0.2) is 12.4 Å². The van der Waals surface area contributed by atoms with Crippen molar-refractivity contribution in [3.8, 4) is 0 Å². The molecule has 1 unspecified atom stereocenters. The zero-order valence-electron chi connectivity index (χ0n) is 11.2. The molecule has 1 fully saturated rings. The molecule has 1 saturated heterocycles. The third kappa shape index (κ3) is 4.35. The van der Waals surface area contributed by atoms with E-state index in [4.69, 9.17) is 4.74 Å². The Labute approximate surface area is 109 Å². The van der Waals surface area contributed by atoms with E-state index in [2.05, 4.69) is 22.2 Å². The molecule has 0 aliphatic carbocycles. The van der Waals surface area contributed by atoms with Crippen molar-refractivity contribution in [1.82, 2.24) is 15.3 Å². The lowest BCUT2D eigenvalue weighted by Crippen LogP contribution is -2.22. The summed E-state index contributed by atoms with van der Waals surface area (Å²) in [6.07, 6.45) is 9.77. The molecule has 1 aliphatic rings. The highest BCUT2D eigenvalue weighted by atomic mass is 16.5. The zero-order valence-corrected chi connectivity index (χ0v) is 11.2. The third-order valence-electron chi connectivity index (χ3n) is 3.20. The molecule has 1 aromatic rings. The summed E-state index contributed by atoms with van der Waals surface area (Å²) in [6, 6.07) is 0. The highest BCUT2D eigenvalue weighted by molar-refractivity contribution is 5.05. The molecule has 0 spiro atoms. The van der Waals surface area contributed by atoms with Gasteiger partial charge in [-0.05, 0) is 32.2 Å². The summed E-state index contributed by atoms with van der Waals surface area (Å²) in [5, 5.41) is 3.35. The van der Waals surface area contributed by atoms with Crippen LogP contribution in [0.2, 0.25) is 0 Å². The zero-order chi connectivity index (χ0) is 12.6. The molecule has 0 saturated carbocycles. The topological polar surface area (TPSA) is 47.0 Å². The second kappa shape index (κ2) is 7.44. The first-order chi connectivity index (χ1) is 8.88. The van der Waals surface area contributed by atoms with Crippen LogP contribution in [-0.4, -0.2) is 29.2 Å². The first kappa shape index (κ1) is 13.4. The van der Waals surface area contributed by atoms with Crippen molar-refractivity contribution in [1.29, 1.82) is 0 Å². The molecule has 4 nitrogen and oxygen atoms in total. The van der Waals surface area contributed by atoms with Crippen LogP contribution in [0.4, 0.5) is 0 Å². The fraction of sp³-hybridized carbons (Fsp3) is 0.714. The predicted octanol–water partition coefficient (Wildman–Crippen LogP) is 2.09. The number of hydrogen-bond acceptors (Lipinski definition) is 4. The van der Waals surface area contributed by atoms with Crippen molar-refractivity contribution in [3.05, 3.63) is 23.8 Å². The van der Waals surface area contributed by atoms with Crippen LogP contribution in [0, 0.1) is 0 Å². The lowest BCUT2D eigenvalue weighted by molar-refractivity contribution is 0.0156. The van der Waals surface area contributed by atoms with E-state index < -0.39 is 0 Å². The lowest BCUT2D eigenvalue weighted by atomic mass is 10.1. The minimum absolute atomic E-state index is 0.322. The minimum atomic E-state index is 0.322. The quantitative estimate of drug-likeness (QED) is 0.784. The van der Waals surface area contributed by atoms with Gasteiger partial charge in [0.25, 0.3) is 0 Å². The van der Waals surface area contributed by atoms with Crippen LogP contribution >= 0.6 is 0 Å². The predicted molar refractivity (Wildman–Crippen MR) is 71.3 cm³/mol. The second-order valence-electron chi connectivity index (χ2n) is 4.88. The average molecular weight is 249 g/mol. The average Bonchev–Trinajstić information content (AvgIpc) is 2.42. The van der Waals surface area contributed by atoms with E-state index in [1.54, 1.807) is 0 Å². The molecule has 0 radical (unpaired) electrons. The molecule has 2 heterocycles. The fourth-order valence-corrected chi connectivity index (χ4v) is 2.16. The van der Waals surface area contributed by atoms with Crippen molar-refractivity contribution >= 4 is 0 Å². The first-order valence-electron chi connectivity index (χ1n) is 7.00. The Kier molecular flexibility index (Phi) is 5.55. The molecular formula is C14H23N3O. The Morgan fingerprint density at radius 1 is 1.33 bits per heavy atom. The minimum Gasteiger partial charge on any atom is -0.378 e. The Morgan fingerprint density at radius 2 is 2.17 bits per heavy atom. The number of ether oxygens (including phenoxy) is 1. The van der Waals surface area contributed by atoms with Gasteiger partial charge in [-0.3, -0.25) is 0 Å². The summed E-state index contributed by atoms with van der Waals surface area (Å²) in [5.41, 5.74) is 1.15. The summed E-state index contributed by atoms with van der Waals surface area (Å²) in [7, 11) is 0. The molecule has 1 N–H and O–H groups in total. The van der Waals surface area contributed by atoms with E-state index in [1.807, 2.05) is 12.4 Å². The van der Waals surface area contributed by atoms with E-state index >= 15 is 0 Å². The third-order valence-corrected chi connectivity index (χ3v) is 3.20. The summed E-state index contributed by atoms with van der Waals surface area (Å²) in [5.74, 6) is 0.904. The van der Waals surface area contributed by atoms with Crippen LogP contribution in [0.25, 0.3) is 0 Å². The molecule has 0 amide bonds. The van der Waals surface area contributed by atoms with Gasteiger partial charge in [0.15, 0.2) is 0 Å². The van der Waals surface area contributed by atoms with Gasteiger partial charge in [-0.1, -0.05) is 6.92 Å². The highest BCUT2D eigenvalue weighted by Gasteiger charge is 2.15. The number of aromatic nitrogens is 2. The molecule has 18 heavy (non-hydrogen) atoms. The van der Waals surface area contributed by atoms with E-state index in [0.717, 1.165) is 50.3 Å². The van der Waals surface area contributed by atoms with Gasteiger partial charge in [0, 0.05) is 37.5 Å². The molecule has 1 aromatic heterocycles.